The van der Waals surface area contributed by atoms with Crippen LogP contribution in [0.25, 0.3) is 33.4 Å². The van der Waals surface area contributed by atoms with Crippen molar-refractivity contribution in [3.8, 4) is 45.5 Å². The van der Waals surface area contributed by atoms with E-state index >= 15 is 8.78 Å². The summed E-state index contributed by atoms with van der Waals surface area (Å²) in [5, 5.41) is 19.1. The SMILES string of the molecule is N#Cc1nc(C#N)c(-c2c(F)c(F)cc(F)c2F)c(-c2c(F)c(F)cc(F)c2F)c1-c1c(F)c(F)cc(F)c1F. The van der Waals surface area contributed by atoms with Crippen molar-refractivity contribution < 1.29 is 52.7 Å². The lowest BCUT2D eigenvalue weighted by Crippen LogP contribution is -2.11. The summed E-state index contributed by atoms with van der Waals surface area (Å²) in [5.74, 6) is -28.0. The van der Waals surface area contributed by atoms with Crippen molar-refractivity contribution in [2.75, 3.05) is 0 Å². The number of hydrogen-bond donors (Lipinski definition) is 0. The molecule has 3 aromatic carbocycles. The monoisotopic (exact) mass is 573 g/mol. The molecule has 1 aromatic heterocycles. The Balaban J connectivity index is 2.50. The standard InChI is InChI=1S/C25H3F12N3/c26-6-1-7(27)21(33)17(20(6)32)14-12(4-38)40-13(5-39)15(18-22(34)8(28)2-9(29)23(18)35)16(14)19-24(36)10(30)3-11(31)25(19)37/h1-3H. The fourth-order valence-electron chi connectivity index (χ4n) is 3.86. The summed E-state index contributed by atoms with van der Waals surface area (Å²) in [5.41, 5.74) is -14.8. The van der Waals surface area contributed by atoms with E-state index in [1.54, 1.807) is 0 Å². The third-order valence-corrected chi connectivity index (χ3v) is 5.49. The van der Waals surface area contributed by atoms with Crippen molar-refractivity contribution in [3.05, 3.63) is 99.4 Å². The summed E-state index contributed by atoms with van der Waals surface area (Å²) in [6.07, 6.45) is 0. The first-order chi connectivity index (χ1) is 18.8. The fraction of sp³-hybridized carbons (Fsp3) is 0. The van der Waals surface area contributed by atoms with E-state index in [0.29, 0.717) is 0 Å². The number of rotatable bonds is 3. The second kappa shape index (κ2) is 9.92. The van der Waals surface area contributed by atoms with Gasteiger partial charge in [0, 0.05) is 34.9 Å². The second-order valence-electron chi connectivity index (χ2n) is 7.69. The van der Waals surface area contributed by atoms with Gasteiger partial charge in [0.05, 0.1) is 16.7 Å². The maximum atomic E-state index is 15.1. The molecule has 3 nitrogen and oxygen atoms in total. The number of pyridine rings is 1. The van der Waals surface area contributed by atoms with Crippen LogP contribution in [0.3, 0.4) is 0 Å². The molecule has 0 bridgehead atoms. The highest BCUT2D eigenvalue weighted by Crippen LogP contribution is 2.48. The van der Waals surface area contributed by atoms with Crippen LogP contribution >= 0.6 is 0 Å². The number of benzene rings is 3. The number of hydrogen-bond acceptors (Lipinski definition) is 3. The highest BCUT2D eigenvalue weighted by Gasteiger charge is 2.36. The van der Waals surface area contributed by atoms with Gasteiger partial charge < -0.3 is 0 Å². The lowest BCUT2D eigenvalue weighted by Gasteiger charge is -2.21. The third kappa shape index (κ3) is 4.07. The molecule has 0 radical (unpaired) electrons. The number of aromatic nitrogens is 1. The zero-order valence-electron chi connectivity index (χ0n) is 18.6. The summed E-state index contributed by atoms with van der Waals surface area (Å²) in [7, 11) is 0. The van der Waals surface area contributed by atoms with E-state index < -0.39 is 121 Å². The minimum atomic E-state index is -2.49. The molecular weight excluding hydrogens is 570 g/mol. The van der Waals surface area contributed by atoms with Gasteiger partial charge in [-0.3, -0.25) is 0 Å². The fourth-order valence-corrected chi connectivity index (χ4v) is 3.86. The van der Waals surface area contributed by atoms with Crippen LogP contribution in [0.4, 0.5) is 52.7 Å². The molecule has 0 saturated carbocycles. The van der Waals surface area contributed by atoms with Gasteiger partial charge in [-0.25, -0.2) is 57.7 Å². The predicted octanol–water partition coefficient (Wildman–Crippen LogP) is 7.50. The highest BCUT2D eigenvalue weighted by atomic mass is 19.2. The molecule has 0 aliphatic carbocycles. The molecule has 15 heteroatoms. The number of nitriles is 2. The van der Waals surface area contributed by atoms with E-state index in [9.17, 15) is 54.4 Å². The summed E-state index contributed by atoms with van der Waals surface area (Å²) < 4.78 is 175. The third-order valence-electron chi connectivity index (χ3n) is 5.49. The van der Waals surface area contributed by atoms with Gasteiger partial charge in [-0.2, -0.15) is 10.5 Å². The number of halogens is 12. The zero-order chi connectivity index (χ0) is 29.8. The van der Waals surface area contributed by atoms with Gasteiger partial charge in [-0.15, -0.1) is 0 Å². The quantitative estimate of drug-likeness (QED) is 0.189. The molecule has 0 aliphatic heterocycles. The first-order valence-electron chi connectivity index (χ1n) is 10.1. The lowest BCUT2D eigenvalue weighted by molar-refractivity contribution is 0.455. The molecule has 4 rings (SSSR count). The smallest absolute Gasteiger partial charge is 0.169 e. The molecule has 0 fully saturated rings. The molecule has 202 valence electrons. The van der Waals surface area contributed by atoms with Gasteiger partial charge in [0.1, 0.15) is 12.1 Å². The molecule has 0 atom stereocenters. The van der Waals surface area contributed by atoms with Crippen LogP contribution < -0.4 is 0 Å². The Bertz CT molecular complexity index is 1680. The minimum Gasteiger partial charge on any atom is -0.225 e. The molecule has 0 spiro atoms. The summed E-state index contributed by atoms with van der Waals surface area (Å²) in [6, 6.07) is 1.02. The van der Waals surface area contributed by atoms with Crippen LogP contribution in [0.1, 0.15) is 11.4 Å². The Morgan fingerprint density at radius 1 is 0.375 bits per heavy atom. The van der Waals surface area contributed by atoms with Gasteiger partial charge >= 0.3 is 0 Å². The number of nitrogens with zero attached hydrogens (tertiary/aromatic N) is 3. The van der Waals surface area contributed by atoms with Crippen LogP contribution in [-0.4, -0.2) is 4.98 Å². The van der Waals surface area contributed by atoms with E-state index in [4.69, 9.17) is 0 Å². The van der Waals surface area contributed by atoms with Gasteiger partial charge in [0.15, 0.2) is 81.2 Å². The Morgan fingerprint density at radius 2 is 0.600 bits per heavy atom. The van der Waals surface area contributed by atoms with E-state index in [1.165, 1.54) is 0 Å². The average Bonchev–Trinajstić information content (AvgIpc) is 2.91. The van der Waals surface area contributed by atoms with E-state index in [2.05, 4.69) is 4.98 Å². The van der Waals surface area contributed by atoms with Crippen molar-refractivity contribution in [1.82, 2.24) is 4.98 Å². The van der Waals surface area contributed by atoms with E-state index in [-0.39, 0.29) is 12.1 Å². The van der Waals surface area contributed by atoms with Gasteiger partial charge in [0.2, 0.25) is 0 Å². The molecule has 0 saturated heterocycles. The lowest BCUT2D eigenvalue weighted by atomic mass is 9.84. The van der Waals surface area contributed by atoms with E-state index in [1.807, 2.05) is 0 Å². The second-order valence-corrected chi connectivity index (χ2v) is 7.69. The van der Waals surface area contributed by atoms with Crippen molar-refractivity contribution in [2.45, 2.75) is 0 Å². The minimum absolute atomic E-state index is 0.359. The first kappa shape index (κ1) is 28.0. The largest absolute Gasteiger partial charge is 0.225 e. The van der Waals surface area contributed by atoms with E-state index in [0.717, 1.165) is 12.1 Å². The van der Waals surface area contributed by atoms with Crippen molar-refractivity contribution in [1.29, 1.82) is 10.5 Å². The van der Waals surface area contributed by atoms with Crippen LogP contribution in [-0.2, 0) is 0 Å². The van der Waals surface area contributed by atoms with Crippen molar-refractivity contribution >= 4 is 0 Å². The summed E-state index contributed by atoms with van der Waals surface area (Å²) in [6.45, 7) is 0. The zero-order valence-corrected chi connectivity index (χ0v) is 18.6. The average molecular weight is 573 g/mol. The molecule has 0 aliphatic rings. The van der Waals surface area contributed by atoms with Gasteiger partial charge in [0.25, 0.3) is 0 Å². The maximum absolute atomic E-state index is 15.1. The van der Waals surface area contributed by atoms with Crippen LogP contribution in [0, 0.1) is 92.5 Å². The molecule has 0 N–H and O–H groups in total. The van der Waals surface area contributed by atoms with Crippen LogP contribution in [0.15, 0.2) is 18.2 Å². The molecule has 40 heavy (non-hydrogen) atoms. The van der Waals surface area contributed by atoms with Gasteiger partial charge in [-0.1, -0.05) is 0 Å². The molecule has 0 unspecified atom stereocenters. The molecule has 1 heterocycles. The Labute approximate surface area is 213 Å². The first-order valence-corrected chi connectivity index (χ1v) is 10.1. The normalized spacial score (nSPS) is 10.9. The molecule has 4 aromatic rings. The van der Waals surface area contributed by atoms with Crippen molar-refractivity contribution in [2.24, 2.45) is 0 Å². The topological polar surface area (TPSA) is 60.5 Å². The summed E-state index contributed by atoms with van der Waals surface area (Å²) >= 11 is 0. The van der Waals surface area contributed by atoms with Crippen LogP contribution in [0.5, 0.6) is 0 Å². The Kier molecular flexibility index (Phi) is 6.94. The van der Waals surface area contributed by atoms with Crippen molar-refractivity contribution in [3.63, 3.8) is 0 Å². The predicted molar refractivity (Wildman–Crippen MR) is 109 cm³/mol. The maximum Gasteiger partial charge on any atom is 0.169 e. The molecular formula is C25H3F12N3. The van der Waals surface area contributed by atoms with Crippen LogP contribution in [0.2, 0.25) is 0 Å². The highest BCUT2D eigenvalue weighted by molar-refractivity contribution is 5.98. The molecule has 0 amide bonds. The summed E-state index contributed by atoms with van der Waals surface area (Å²) in [4.78, 5) is 3.22. The van der Waals surface area contributed by atoms with Gasteiger partial charge in [-0.05, 0) is 0 Å². The Hall–Kier alpha value is -5.05. The Morgan fingerprint density at radius 3 is 0.825 bits per heavy atom.